The van der Waals surface area contributed by atoms with Gasteiger partial charge in [-0.2, -0.15) is 23.5 Å². The number of alkyl carbamates (subject to hydrolysis) is 1. The molecule has 56 heavy (non-hydrogen) atoms. The molecule has 0 saturated heterocycles. The molecular weight excluding hydrogens is 751 g/mol. The first-order valence-electron chi connectivity index (χ1n) is 17.8. The molecule has 1 saturated carbocycles. The number of carbonyl (C=O) groups is 2. The largest absolute Gasteiger partial charge is 0.598 e. The summed E-state index contributed by atoms with van der Waals surface area (Å²) in [6, 6.07) is 18.8. The molecule has 1 aliphatic carbocycles. The van der Waals surface area contributed by atoms with Gasteiger partial charge in [-0.15, -0.1) is 4.72 Å². The van der Waals surface area contributed by atoms with E-state index in [-0.39, 0.29) is 16.9 Å². The van der Waals surface area contributed by atoms with E-state index in [1.165, 1.54) is 36.4 Å². The van der Waals surface area contributed by atoms with Crippen molar-refractivity contribution in [2.75, 3.05) is 5.32 Å². The normalized spacial score (nSPS) is 15.0. The summed E-state index contributed by atoms with van der Waals surface area (Å²) in [7, 11) is 0. The van der Waals surface area contributed by atoms with Crippen LogP contribution in [0.5, 0.6) is 0 Å². The van der Waals surface area contributed by atoms with Crippen LogP contribution in [0.25, 0.3) is 5.69 Å². The zero-order valence-electron chi connectivity index (χ0n) is 31.7. The number of hydrogen-bond donors (Lipinski definition) is 4. The molecule has 2 atom stereocenters. The number of ether oxygens (including phenoxy) is 1. The average Bonchev–Trinajstić information content (AvgIpc) is 3.83. The van der Waals surface area contributed by atoms with Gasteiger partial charge in [0, 0.05) is 23.0 Å². The Morgan fingerprint density at radius 2 is 1.68 bits per heavy atom. The van der Waals surface area contributed by atoms with Crippen LogP contribution in [0.15, 0.2) is 72.8 Å². The fraction of sp³-hybridized carbons (Fsp3) is 0.375. The van der Waals surface area contributed by atoms with E-state index in [0.29, 0.717) is 46.2 Å². The fourth-order valence-electron chi connectivity index (χ4n) is 5.84. The Bertz CT molecular complexity index is 2170. The number of hydrogen-bond acceptors (Lipinski definition) is 8. The van der Waals surface area contributed by atoms with Crippen LogP contribution in [0.2, 0.25) is 0 Å². The van der Waals surface area contributed by atoms with E-state index in [1.54, 1.807) is 65.8 Å². The van der Waals surface area contributed by atoms with Crippen molar-refractivity contribution in [3.05, 3.63) is 112 Å². The summed E-state index contributed by atoms with van der Waals surface area (Å²) in [6.45, 7) is 10.3. The topological polar surface area (TPSA) is 168 Å². The molecule has 4 N–H and O–H groups in total. The highest BCUT2D eigenvalue weighted by Gasteiger charge is 2.44. The van der Waals surface area contributed by atoms with Crippen molar-refractivity contribution in [3.63, 3.8) is 0 Å². The molecule has 2 amide bonds. The molecule has 4 aromatic rings. The van der Waals surface area contributed by atoms with Crippen molar-refractivity contribution in [1.82, 2.24) is 19.8 Å². The number of nitriles is 1. The van der Waals surface area contributed by atoms with E-state index < -0.39 is 68.5 Å². The molecule has 5 rings (SSSR count). The maximum atomic E-state index is 15.7. The van der Waals surface area contributed by atoms with E-state index in [4.69, 9.17) is 10.1 Å². The highest BCUT2D eigenvalue weighted by molar-refractivity contribution is 7.90. The maximum Gasteiger partial charge on any atom is 0.435 e. The van der Waals surface area contributed by atoms with Crippen LogP contribution in [0.4, 0.5) is 28.0 Å². The van der Waals surface area contributed by atoms with Gasteiger partial charge in [-0.3, -0.25) is 15.5 Å². The summed E-state index contributed by atoms with van der Waals surface area (Å²) < 4.78 is 80.1. The lowest BCUT2D eigenvalue weighted by molar-refractivity contribution is -0.141. The number of amidine groups is 1. The highest BCUT2D eigenvalue weighted by Crippen LogP contribution is 2.43. The van der Waals surface area contributed by atoms with Gasteiger partial charge in [-0.05, 0) is 108 Å². The van der Waals surface area contributed by atoms with Crippen molar-refractivity contribution in [1.29, 1.82) is 10.7 Å². The van der Waals surface area contributed by atoms with Gasteiger partial charge in [0.05, 0.1) is 23.0 Å². The molecule has 0 spiro atoms. The quantitative estimate of drug-likeness (QED) is 0.0511. The van der Waals surface area contributed by atoms with E-state index in [0.717, 1.165) is 18.9 Å². The van der Waals surface area contributed by atoms with Crippen molar-refractivity contribution in [2.45, 2.75) is 89.3 Å². The van der Waals surface area contributed by atoms with Crippen LogP contribution in [-0.2, 0) is 27.8 Å². The summed E-state index contributed by atoms with van der Waals surface area (Å²) in [4.78, 5) is 26.2. The second-order valence-corrected chi connectivity index (χ2v) is 17.6. The monoisotopic (exact) mass is 793 g/mol. The van der Waals surface area contributed by atoms with Crippen molar-refractivity contribution in [2.24, 2.45) is 5.92 Å². The van der Waals surface area contributed by atoms with Gasteiger partial charge < -0.3 is 14.6 Å². The highest BCUT2D eigenvalue weighted by atomic mass is 32.2. The zero-order chi connectivity index (χ0) is 41.2. The van der Waals surface area contributed by atoms with E-state index in [2.05, 4.69) is 26.5 Å². The average molecular weight is 794 g/mol. The van der Waals surface area contributed by atoms with Crippen LogP contribution in [-0.4, -0.2) is 42.5 Å². The van der Waals surface area contributed by atoms with Gasteiger partial charge in [-0.25, -0.2) is 13.9 Å². The Hall–Kier alpha value is -5.24. The molecule has 11 nitrogen and oxygen atoms in total. The number of alkyl halides is 3. The van der Waals surface area contributed by atoms with E-state index >= 15 is 4.39 Å². The Morgan fingerprint density at radius 3 is 2.30 bits per heavy atom. The van der Waals surface area contributed by atoms with Crippen LogP contribution in [0.1, 0.15) is 106 Å². The number of aromatic nitrogens is 2. The first kappa shape index (κ1) is 41.9. The molecule has 296 valence electrons. The smallest absolute Gasteiger partial charge is 0.435 e. The zero-order valence-corrected chi connectivity index (χ0v) is 32.5. The lowest BCUT2D eigenvalue weighted by atomic mass is 9.79. The summed E-state index contributed by atoms with van der Waals surface area (Å²) in [6.07, 6.45) is -2.78. The summed E-state index contributed by atoms with van der Waals surface area (Å²) >= 11 is -1.68. The number of benzene rings is 3. The molecule has 1 aromatic heterocycles. The second-order valence-electron chi connectivity index (χ2n) is 15.6. The molecular formula is C40H43F4N7O4S. The SMILES string of the molecule is CC(C)(C)OC(=O)NC(=N)c1cccc(-n2nc(C(F)(F)F)cc2C(=O)Nc2cc(C(CCC3CC3)(N[S+]([O-])C(C)(C)C)c3cccc(C#N)c3)ccc2F)c1. The minimum Gasteiger partial charge on any atom is -0.598 e. The third kappa shape index (κ3) is 10.1. The Balaban J connectivity index is 1.56. The van der Waals surface area contributed by atoms with Gasteiger partial charge in [0.15, 0.2) is 5.69 Å². The number of halogens is 4. The predicted octanol–water partition coefficient (Wildman–Crippen LogP) is 8.49. The number of carbonyl (C=O) groups excluding carboxylic acids is 2. The lowest BCUT2D eigenvalue weighted by Gasteiger charge is -2.39. The third-order valence-electron chi connectivity index (χ3n) is 8.88. The second kappa shape index (κ2) is 16.1. The summed E-state index contributed by atoms with van der Waals surface area (Å²) in [5.41, 5.74) is -3.19. The molecule has 0 bridgehead atoms. The Kier molecular flexibility index (Phi) is 12.0. The standard InChI is InChI=1S/C40H43F4N7O4S/c1-37(2,3)55-36(53)48-34(46)26-10-8-12-29(20-26)51-32(22-33(49-51)40(42,43)44)35(52)47-31-21-28(15-16-30(31)41)39(18-17-24-13-14-24,50-56(54)38(4,5)6)27-11-7-9-25(19-27)23-45/h7-12,15-16,19-22,24,50H,13-14,17-18H2,1-6H3,(H,47,52)(H2,46,48,53). The van der Waals surface area contributed by atoms with Crippen LogP contribution >= 0.6 is 0 Å². The molecule has 0 radical (unpaired) electrons. The predicted molar refractivity (Wildman–Crippen MR) is 204 cm³/mol. The van der Waals surface area contributed by atoms with Crippen molar-refractivity contribution in [3.8, 4) is 11.8 Å². The molecule has 1 aliphatic rings. The van der Waals surface area contributed by atoms with Gasteiger partial charge in [-0.1, -0.05) is 43.2 Å². The van der Waals surface area contributed by atoms with Crippen LogP contribution in [0, 0.1) is 28.5 Å². The Morgan fingerprint density at radius 1 is 1.00 bits per heavy atom. The van der Waals surface area contributed by atoms with Gasteiger partial charge in [0.1, 0.15) is 33.2 Å². The molecule has 1 fully saturated rings. The number of amides is 2. The van der Waals surface area contributed by atoms with Crippen molar-refractivity contribution < 1.29 is 36.4 Å². The minimum absolute atomic E-state index is 0.0608. The van der Waals surface area contributed by atoms with Gasteiger partial charge in [0.2, 0.25) is 0 Å². The molecule has 2 unspecified atom stereocenters. The Labute approximate surface area is 325 Å². The fourth-order valence-corrected chi connectivity index (χ4v) is 6.80. The van der Waals surface area contributed by atoms with Crippen molar-refractivity contribution >= 4 is 34.9 Å². The summed E-state index contributed by atoms with van der Waals surface area (Å²) in [5.74, 6) is -2.05. The molecule has 16 heteroatoms. The van der Waals surface area contributed by atoms with Crippen LogP contribution < -0.4 is 15.4 Å². The first-order valence-corrected chi connectivity index (χ1v) is 18.9. The first-order chi connectivity index (χ1) is 26.1. The number of rotatable bonds is 11. The van der Waals surface area contributed by atoms with Gasteiger partial charge >= 0.3 is 12.3 Å². The summed E-state index contributed by atoms with van der Waals surface area (Å²) in [5, 5.41) is 26.4. The number of nitrogens with zero attached hydrogens (tertiary/aromatic N) is 3. The number of nitrogens with one attached hydrogen (secondary N) is 4. The molecule has 1 heterocycles. The maximum absolute atomic E-state index is 15.7. The lowest BCUT2D eigenvalue weighted by Crippen LogP contribution is -2.52. The van der Waals surface area contributed by atoms with E-state index in [1.807, 2.05) is 0 Å². The molecule has 3 aromatic carbocycles. The van der Waals surface area contributed by atoms with Gasteiger partial charge in [0.25, 0.3) is 5.91 Å². The minimum atomic E-state index is -4.97. The van der Waals surface area contributed by atoms with E-state index in [9.17, 15) is 32.6 Å². The number of anilines is 1. The van der Waals surface area contributed by atoms with Crippen LogP contribution in [0.3, 0.4) is 0 Å². The molecule has 0 aliphatic heterocycles. The third-order valence-corrected chi connectivity index (χ3v) is 10.5.